The van der Waals surface area contributed by atoms with Crippen molar-refractivity contribution in [2.24, 2.45) is 0 Å². The molecule has 8 bridgehead atoms. The van der Waals surface area contributed by atoms with Gasteiger partial charge in [0.2, 0.25) is 0 Å². The van der Waals surface area contributed by atoms with Gasteiger partial charge < -0.3 is 15.1 Å². The summed E-state index contributed by atoms with van der Waals surface area (Å²) in [6.07, 6.45) is 3.27. The molecule has 0 spiro atoms. The molecule has 1 unspecified atom stereocenters. The van der Waals surface area contributed by atoms with Crippen LogP contribution in [0, 0.1) is 0 Å². The largest absolute Gasteiger partial charge is 0.382 e. The van der Waals surface area contributed by atoms with Gasteiger partial charge >= 0.3 is 0 Å². The predicted molar refractivity (Wildman–Crippen MR) is 306 cm³/mol. The quantitative estimate of drug-likeness (QED) is 0.164. The van der Waals surface area contributed by atoms with Gasteiger partial charge in [0, 0.05) is 49.7 Å². The highest BCUT2D eigenvalue weighted by Gasteiger charge is 2.33. The average molecular weight is 943 g/mol. The zero-order valence-corrected chi connectivity index (χ0v) is 43.9. The van der Waals surface area contributed by atoms with Gasteiger partial charge in [0.15, 0.2) is 0 Å². The molecule has 0 radical (unpaired) electrons. The average Bonchev–Trinajstić information content (AvgIpc) is 4.17. The number of aliphatic hydroxyl groups excluding tert-OH is 1. The van der Waals surface area contributed by atoms with Crippen LogP contribution in [0.4, 0.5) is 0 Å². The van der Waals surface area contributed by atoms with E-state index < -0.39 is 6.10 Å². The molecule has 72 heavy (non-hydrogen) atoms. The number of nitrogens with zero attached hydrogens (tertiary/aromatic N) is 2. The number of aromatic amines is 2. The lowest BCUT2D eigenvalue weighted by molar-refractivity contribution is 0.223. The summed E-state index contributed by atoms with van der Waals surface area (Å²) in [5.41, 5.74) is 20.3. The van der Waals surface area contributed by atoms with Crippen molar-refractivity contribution in [2.45, 2.75) is 111 Å². The van der Waals surface area contributed by atoms with Crippen LogP contribution in [0.5, 0.6) is 0 Å². The summed E-state index contributed by atoms with van der Waals surface area (Å²) >= 11 is 0. The number of hydrogen-bond donors (Lipinski definition) is 3. The Morgan fingerprint density at radius 3 is 1.26 bits per heavy atom. The van der Waals surface area contributed by atoms with Gasteiger partial charge in [-0.1, -0.05) is 198 Å². The van der Waals surface area contributed by atoms with Crippen molar-refractivity contribution in [3.63, 3.8) is 0 Å². The van der Waals surface area contributed by atoms with E-state index in [-0.39, 0.29) is 21.7 Å². The predicted octanol–water partition coefficient (Wildman–Crippen LogP) is 17.7. The molecule has 0 saturated heterocycles. The molecule has 0 saturated carbocycles. The van der Waals surface area contributed by atoms with Crippen LogP contribution in [-0.4, -0.2) is 25.0 Å². The number of hydrogen-bond acceptors (Lipinski definition) is 3. The zero-order chi connectivity index (χ0) is 50.6. The Kier molecular flexibility index (Phi) is 11.0. The summed E-state index contributed by atoms with van der Waals surface area (Å²) in [5.74, 6) is 0. The van der Waals surface area contributed by atoms with Crippen molar-refractivity contribution in [3.05, 3.63) is 190 Å². The second kappa shape index (κ2) is 16.9. The van der Waals surface area contributed by atoms with E-state index in [1.807, 2.05) is 0 Å². The second-order valence-corrected chi connectivity index (χ2v) is 24.2. The van der Waals surface area contributed by atoms with Gasteiger partial charge in [-0.05, 0) is 125 Å². The maximum Gasteiger partial charge on any atom is 0.124 e. The molecule has 3 aromatic heterocycles. The van der Waals surface area contributed by atoms with Crippen LogP contribution < -0.4 is 0 Å². The van der Waals surface area contributed by atoms with Crippen molar-refractivity contribution in [1.82, 2.24) is 19.9 Å². The highest BCUT2D eigenvalue weighted by molar-refractivity contribution is 6.21. The first kappa shape index (κ1) is 47.0. The first-order valence-electron chi connectivity index (χ1n) is 25.6. The van der Waals surface area contributed by atoms with E-state index in [2.05, 4.69) is 251 Å². The molecule has 3 N–H and O–H groups in total. The van der Waals surface area contributed by atoms with Gasteiger partial charge in [0.05, 0.1) is 22.6 Å². The Morgan fingerprint density at radius 1 is 0.389 bits per heavy atom. The van der Waals surface area contributed by atoms with Crippen molar-refractivity contribution in [1.29, 1.82) is 0 Å². The molecule has 2 aliphatic rings. The maximum atomic E-state index is 13.5. The highest BCUT2D eigenvalue weighted by Crippen LogP contribution is 2.49. The van der Waals surface area contributed by atoms with Gasteiger partial charge in [-0.25, -0.2) is 9.97 Å². The minimum Gasteiger partial charge on any atom is -0.382 e. The molecule has 11 rings (SSSR count). The fourth-order valence-corrected chi connectivity index (χ4v) is 10.8. The molecule has 1 atom stereocenters. The van der Waals surface area contributed by atoms with Crippen LogP contribution in [0.15, 0.2) is 146 Å². The van der Waals surface area contributed by atoms with E-state index in [0.717, 1.165) is 105 Å². The number of nitrogens with one attached hydrogen (secondary N) is 2. The van der Waals surface area contributed by atoms with Crippen LogP contribution in [0.1, 0.15) is 134 Å². The molecule has 0 amide bonds. The minimum absolute atomic E-state index is 0.00634. The maximum absolute atomic E-state index is 13.5. The number of benzene rings is 6. The third-order valence-corrected chi connectivity index (χ3v) is 15.0. The Labute approximate surface area is 424 Å². The van der Waals surface area contributed by atoms with E-state index in [0.29, 0.717) is 5.69 Å². The summed E-state index contributed by atoms with van der Waals surface area (Å²) in [6.45, 7) is 27.0. The lowest BCUT2D eigenvalue weighted by Gasteiger charge is -2.22. The van der Waals surface area contributed by atoms with Crippen LogP contribution in [0.3, 0.4) is 0 Å². The number of H-pyrrole nitrogens is 2. The molecule has 6 aromatic carbocycles. The highest BCUT2D eigenvalue weighted by atomic mass is 16.3. The molecular formula is C67H66N4O. The van der Waals surface area contributed by atoms with Gasteiger partial charge in [0.1, 0.15) is 6.10 Å². The Hall–Kier alpha value is -7.34. The molecule has 2 aliphatic heterocycles. The Balaban J connectivity index is 1.35. The van der Waals surface area contributed by atoms with Crippen LogP contribution in [0.2, 0.25) is 0 Å². The number of fused-ring (bicyclic) bond motifs is 10. The van der Waals surface area contributed by atoms with E-state index in [9.17, 15) is 5.11 Å². The number of aromatic nitrogens is 4. The van der Waals surface area contributed by atoms with E-state index in [1.54, 1.807) is 0 Å². The monoisotopic (exact) mass is 943 g/mol. The molecular weight excluding hydrogens is 877 g/mol. The van der Waals surface area contributed by atoms with Crippen molar-refractivity contribution in [2.75, 3.05) is 0 Å². The molecule has 5 heteroatoms. The Morgan fingerprint density at radius 2 is 0.792 bits per heavy atom. The summed E-state index contributed by atoms with van der Waals surface area (Å²) in [5, 5.41) is 16.5. The molecule has 0 aliphatic carbocycles. The van der Waals surface area contributed by atoms with Crippen LogP contribution >= 0.6 is 0 Å². The van der Waals surface area contributed by atoms with Gasteiger partial charge in [-0.3, -0.25) is 0 Å². The van der Waals surface area contributed by atoms with E-state index in [4.69, 9.17) is 9.97 Å². The summed E-state index contributed by atoms with van der Waals surface area (Å²) in [6, 6.07) is 52.9. The second-order valence-electron chi connectivity index (χ2n) is 24.2. The molecule has 9 aromatic rings. The fourth-order valence-electron chi connectivity index (χ4n) is 10.8. The third-order valence-electron chi connectivity index (χ3n) is 15.0. The first-order valence-corrected chi connectivity index (χ1v) is 25.6. The number of rotatable bonds is 4. The van der Waals surface area contributed by atoms with Crippen molar-refractivity contribution >= 4 is 55.9 Å². The van der Waals surface area contributed by atoms with E-state index >= 15 is 0 Å². The normalized spacial score (nSPS) is 14.3. The fraction of sp³-hybridized carbons (Fsp3) is 0.254. The lowest BCUT2D eigenvalue weighted by Crippen LogP contribution is -2.11. The molecule has 360 valence electrons. The molecule has 0 fully saturated rings. The standard InChI is InChI=1S/C67H66N4O/c1-64(2,3)43-24-18-40(19-25-43)56-49-32-33-50(68-49)57(41-20-26-44(27-21-41)65(4,5)6)52-35-37-54(70-52)59-47-31-30-46(67(10,11)12)38-48(47)55(39-16-14-13-15-17-39)60-61(59)71-62(63(60)72)58(53-36-34-51(56)69-53)42-22-28-45(29-23-42)66(7,8)9/h13-38,63,69-70,72H,1-12H3. The van der Waals surface area contributed by atoms with Crippen LogP contribution in [0.25, 0.3) is 100 Å². The van der Waals surface area contributed by atoms with Gasteiger partial charge in [0.25, 0.3) is 0 Å². The minimum atomic E-state index is -1.07. The topological polar surface area (TPSA) is 77.6 Å². The third kappa shape index (κ3) is 8.18. The summed E-state index contributed by atoms with van der Waals surface area (Å²) in [7, 11) is 0. The lowest BCUT2D eigenvalue weighted by atomic mass is 9.82. The SMILES string of the molecule is CC(C)(C)c1ccc(-c2c3nc(c(-c4ccc(C(C)(C)C)cc4)c4ccc([nH]4)c4c5nc(c(-c6ccc(C(C)(C)C)cc6)c6ccc2[nH]6)C(O)c5c(-c2ccccc2)c2cc(C(C)(C)C)ccc24)C=C3)cc1. The molecule has 5 heterocycles. The number of aliphatic hydroxyl groups is 1. The molecule has 5 nitrogen and oxygen atoms in total. The van der Waals surface area contributed by atoms with Crippen molar-refractivity contribution in [3.8, 4) is 44.5 Å². The van der Waals surface area contributed by atoms with Gasteiger partial charge in [-0.2, -0.15) is 0 Å². The van der Waals surface area contributed by atoms with Crippen LogP contribution in [-0.2, 0) is 21.7 Å². The van der Waals surface area contributed by atoms with Crippen molar-refractivity contribution < 1.29 is 5.11 Å². The van der Waals surface area contributed by atoms with E-state index in [1.165, 1.54) is 22.3 Å². The summed E-state index contributed by atoms with van der Waals surface area (Å²) < 4.78 is 0. The summed E-state index contributed by atoms with van der Waals surface area (Å²) in [4.78, 5) is 19.3. The zero-order valence-electron chi connectivity index (χ0n) is 43.9. The smallest absolute Gasteiger partial charge is 0.124 e. The first-order chi connectivity index (χ1) is 34.1. The Bertz CT molecular complexity index is 3800. The van der Waals surface area contributed by atoms with Gasteiger partial charge in [-0.15, -0.1) is 0 Å².